The van der Waals surface area contributed by atoms with Crippen LogP contribution in [0.2, 0.25) is 0 Å². The Morgan fingerprint density at radius 3 is 2.65 bits per heavy atom. The van der Waals surface area contributed by atoms with Crippen molar-refractivity contribution >= 4 is 11.6 Å². The molecule has 4 unspecified atom stereocenters. The number of aryl methyl sites for hydroxylation is 2. The molecule has 2 heterocycles. The van der Waals surface area contributed by atoms with Gasteiger partial charge in [-0.15, -0.1) is 0 Å². The van der Waals surface area contributed by atoms with Gasteiger partial charge in [0.2, 0.25) is 5.91 Å². The second-order valence-corrected chi connectivity index (χ2v) is 9.45. The molecule has 0 spiro atoms. The SMILES string of the molecule is Cc1ccc(CNCNc2ccc(C)c(C3CC4CNC(C)CC4N(C)C3=O)c2)cc1. The highest BCUT2D eigenvalue weighted by atomic mass is 16.2. The first-order chi connectivity index (χ1) is 14.9. The number of amides is 1. The molecule has 0 aliphatic carbocycles. The minimum Gasteiger partial charge on any atom is -0.372 e. The predicted molar refractivity (Wildman–Crippen MR) is 127 cm³/mol. The fraction of sp³-hybridized carbons (Fsp3) is 0.500. The molecule has 1 amide bonds. The van der Waals surface area contributed by atoms with Gasteiger partial charge in [0.05, 0.1) is 12.6 Å². The molecule has 4 atom stereocenters. The third-order valence-electron chi connectivity index (χ3n) is 7.07. The molecule has 2 saturated heterocycles. The lowest BCUT2D eigenvalue weighted by molar-refractivity contribution is -0.140. The summed E-state index contributed by atoms with van der Waals surface area (Å²) in [5.41, 5.74) is 5.97. The van der Waals surface area contributed by atoms with Crippen molar-refractivity contribution in [1.82, 2.24) is 15.5 Å². The third kappa shape index (κ3) is 4.94. The third-order valence-corrected chi connectivity index (χ3v) is 7.07. The van der Waals surface area contributed by atoms with E-state index in [4.69, 9.17) is 0 Å². The van der Waals surface area contributed by atoms with Crippen LogP contribution in [-0.4, -0.2) is 43.2 Å². The average Bonchev–Trinajstić information content (AvgIpc) is 2.76. The quantitative estimate of drug-likeness (QED) is 0.492. The topological polar surface area (TPSA) is 56.4 Å². The summed E-state index contributed by atoms with van der Waals surface area (Å²) in [5.74, 6) is 0.743. The van der Waals surface area contributed by atoms with E-state index in [2.05, 4.69) is 79.2 Å². The minimum atomic E-state index is -0.0521. The van der Waals surface area contributed by atoms with Crippen LogP contribution < -0.4 is 16.0 Å². The highest BCUT2D eigenvalue weighted by Crippen LogP contribution is 2.39. The van der Waals surface area contributed by atoms with Gasteiger partial charge in [-0.25, -0.2) is 0 Å². The number of hydrogen-bond donors (Lipinski definition) is 3. The molecule has 2 fully saturated rings. The first-order valence-corrected chi connectivity index (χ1v) is 11.5. The van der Waals surface area contributed by atoms with E-state index in [1.54, 1.807) is 0 Å². The van der Waals surface area contributed by atoms with Crippen molar-refractivity contribution in [2.24, 2.45) is 5.92 Å². The van der Waals surface area contributed by atoms with Gasteiger partial charge < -0.3 is 15.5 Å². The van der Waals surface area contributed by atoms with E-state index in [-0.39, 0.29) is 11.8 Å². The highest BCUT2D eigenvalue weighted by molar-refractivity contribution is 5.85. The van der Waals surface area contributed by atoms with Crippen LogP contribution in [-0.2, 0) is 11.3 Å². The standard InChI is InChI=1S/C26H36N4O/c1-17-5-8-20(9-6-17)14-27-16-29-22-10-7-18(2)23(13-22)24-12-21-15-28-19(3)11-25(21)30(4)26(24)31/h5-10,13,19,21,24-25,27-29H,11-12,14-16H2,1-4H3. The summed E-state index contributed by atoms with van der Waals surface area (Å²) < 4.78 is 0. The van der Waals surface area contributed by atoms with Crippen LogP contribution in [0.4, 0.5) is 5.69 Å². The van der Waals surface area contributed by atoms with Crippen molar-refractivity contribution in [3.8, 4) is 0 Å². The second kappa shape index (κ2) is 9.41. The molecule has 2 aliphatic heterocycles. The van der Waals surface area contributed by atoms with E-state index < -0.39 is 0 Å². The molecule has 2 aliphatic rings. The molecule has 5 nitrogen and oxygen atoms in total. The second-order valence-electron chi connectivity index (χ2n) is 9.45. The lowest BCUT2D eigenvalue weighted by Crippen LogP contribution is -2.57. The zero-order valence-corrected chi connectivity index (χ0v) is 19.2. The number of nitrogens with one attached hydrogen (secondary N) is 3. The molecule has 0 aromatic heterocycles. The van der Waals surface area contributed by atoms with E-state index in [9.17, 15) is 4.79 Å². The molecule has 31 heavy (non-hydrogen) atoms. The Hall–Kier alpha value is -2.37. The molecule has 0 bridgehead atoms. The number of benzene rings is 2. The monoisotopic (exact) mass is 420 g/mol. The molecule has 2 aromatic rings. The number of hydrogen-bond acceptors (Lipinski definition) is 4. The van der Waals surface area contributed by atoms with Crippen LogP contribution in [0.1, 0.15) is 47.9 Å². The van der Waals surface area contributed by atoms with Crippen LogP contribution in [0.15, 0.2) is 42.5 Å². The Kier molecular flexibility index (Phi) is 6.63. The zero-order valence-electron chi connectivity index (χ0n) is 19.2. The van der Waals surface area contributed by atoms with Crippen molar-refractivity contribution in [2.75, 3.05) is 25.6 Å². The van der Waals surface area contributed by atoms with Crippen molar-refractivity contribution in [3.63, 3.8) is 0 Å². The van der Waals surface area contributed by atoms with Crippen molar-refractivity contribution in [3.05, 3.63) is 64.7 Å². The van der Waals surface area contributed by atoms with Crippen LogP contribution >= 0.6 is 0 Å². The maximum absolute atomic E-state index is 13.3. The summed E-state index contributed by atoms with van der Waals surface area (Å²) in [6.07, 6.45) is 1.98. The number of anilines is 1. The molecule has 0 saturated carbocycles. The Morgan fingerprint density at radius 2 is 1.87 bits per heavy atom. The summed E-state index contributed by atoms with van der Waals surface area (Å²) in [6, 6.07) is 15.9. The van der Waals surface area contributed by atoms with Gasteiger partial charge in [0.25, 0.3) is 0 Å². The molecule has 3 N–H and O–H groups in total. The van der Waals surface area contributed by atoms with E-state index in [1.165, 1.54) is 16.7 Å². The maximum atomic E-state index is 13.3. The lowest BCUT2D eigenvalue weighted by Gasteiger charge is -2.47. The maximum Gasteiger partial charge on any atom is 0.230 e. The summed E-state index contributed by atoms with van der Waals surface area (Å²) in [6.45, 7) is 8.95. The number of carbonyl (C=O) groups is 1. The van der Waals surface area contributed by atoms with Gasteiger partial charge in [0.15, 0.2) is 0 Å². The van der Waals surface area contributed by atoms with Crippen LogP contribution in [0.3, 0.4) is 0 Å². The van der Waals surface area contributed by atoms with E-state index in [0.717, 1.165) is 37.2 Å². The summed E-state index contributed by atoms with van der Waals surface area (Å²) in [5, 5.41) is 10.5. The largest absolute Gasteiger partial charge is 0.372 e. The molecule has 5 heteroatoms. The molecule has 2 aromatic carbocycles. The first-order valence-electron chi connectivity index (χ1n) is 11.5. The van der Waals surface area contributed by atoms with Crippen molar-refractivity contribution in [2.45, 2.75) is 58.2 Å². The van der Waals surface area contributed by atoms with Gasteiger partial charge in [-0.2, -0.15) is 0 Å². The van der Waals surface area contributed by atoms with Gasteiger partial charge in [-0.05, 0) is 68.4 Å². The highest BCUT2D eigenvalue weighted by Gasteiger charge is 2.43. The van der Waals surface area contributed by atoms with Crippen molar-refractivity contribution < 1.29 is 4.79 Å². The minimum absolute atomic E-state index is 0.0521. The van der Waals surface area contributed by atoms with Crippen LogP contribution in [0.25, 0.3) is 0 Å². The van der Waals surface area contributed by atoms with Crippen LogP contribution in [0.5, 0.6) is 0 Å². The summed E-state index contributed by atoms with van der Waals surface area (Å²) >= 11 is 0. The summed E-state index contributed by atoms with van der Waals surface area (Å²) in [7, 11) is 2.00. The van der Waals surface area contributed by atoms with Gasteiger partial charge in [-0.1, -0.05) is 35.9 Å². The number of likely N-dealkylation sites (N-methyl/N-ethyl adjacent to an activating group) is 1. The summed E-state index contributed by atoms with van der Waals surface area (Å²) in [4.78, 5) is 15.3. The molecular weight excluding hydrogens is 384 g/mol. The number of piperidine rings is 2. The van der Waals surface area contributed by atoms with Gasteiger partial charge in [0.1, 0.15) is 0 Å². The number of rotatable bonds is 6. The van der Waals surface area contributed by atoms with Gasteiger partial charge in [0, 0.05) is 37.9 Å². The average molecular weight is 421 g/mol. The van der Waals surface area contributed by atoms with Gasteiger partial charge in [-0.3, -0.25) is 10.1 Å². The van der Waals surface area contributed by atoms with Crippen molar-refractivity contribution in [1.29, 1.82) is 0 Å². The predicted octanol–water partition coefficient (Wildman–Crippen LogP) is 3.77. The number of likely N-dealkylation sites (tertiary alicyclic amines) is 1. The van der Waals surface area contributed by atoms with E-state index in [1.807, 2.05) is 11.9 Å². The Morgan fingerprint density at radius 1 is 1.10 bits per heavy atom. The number of nitrogens with zero attached hydrogens (tertiary/aromatic N) is 1. The Balaban J connectivity index is 1.40. The molecular formula is C26H36N4O. The number of fused-ring (bicyclic) bond motifs is 1. The Bertz CT molecular complexity index is 910. The smallest absolute Gasteiger partial charge is 0.230 e. The lowest BCUT2D eigenvalue weighted by atomic mass is 9.75. The van der Waals surface area contributed by atoms with E-state index in [0.29, 0.717) is 24.7 Å². The van der Waals surface area contributed by atoms with E-state index >= 15 is 0 Å². The first kappa shape index (κ1) is 21.8. The Labute approximate surface area is 186 Å². The molecule has 166 valence electrons. The fourth-order valence-electron chi connectivity index (χ4n) is 5.12. The fourth-order valence-corrected chi connectivity index (χ4v) is 5.12. The zero-order chi connectivity index (χ0) is 22.0. The van der Waals surface area contributed by atoms with Crippen LogP contribution in [0, 0.1) is 19.8 Å². The molecule has 4 rings (SSSR count). The molecule has 0 radical (unpaired) electrons. The number of carbonyl (C=O) groups excluding carboxylic acids is 1. The normalized spacial score (nSPS) is 25.9. The van der Waals surface area contributed by atoms with Gasteiger partial charge >= 0.3 is 0 Å².